The Bertz CT molecular complexity index is 953. The molecule has 34 heavy (non-hydrogen) atoms. The van der Waals surface area contributed by atoms with Gasteiger partial charge in [0.15, 0.2) is 0 Å². The third-order valence-corrected chi connectivity index (χ3v) is 14.3. The van der Waals surface area contributed by atoms with Crippen molar-refractivity contribution in [1.29, 1.82) is 0 Å². The van der Waals surface area contributed by atoms with E-state index in [1.165, 1.54) is 19.3 Å². The smallest absolute Gasteiger partial charge is 0.312 e. The van der Waals surface area contributed by atoms with Gasteiger partial charge in [0.2, 0.25) is 0 Å². The van der Waals surface area contributed by atoms with Crippen molar-refractivity contribution in [2.24, 2.45) is 56.2 Å². The topological polar surface area (TPSA) is 63.6 Å². The molecule has 1 aliphatic heterocycles. The van der Waals surface area contributed by atoms with E-state index in [4.69, 9.17) is 4.74 Å². The fourth-order valence-corrected chi connectivity index (χ4v) is 12.1. The van der Waals surface area contributed by atoms with Gasteiger partial charge in [-0.2, -0.15) is 0 Å². The van der Waals surface area contributed by atoms with Crippen LogP contribution in [0.4, 0.5) is 0 Å². The molecule has 0 aromatic heterocycles. The van der Waals surface area contributed by atoms with Crippen LogP contribution in [0.2, 0.25) is 0 Å². The summed E-state index contributed by atoms with van der Waals surface area (Å²) in [5, 5.41) is 10.9. The molecule has 0 aromatic carbocycles. The molecule has 4 heteroatoms. The highest BCUT2D eigenvalue weighted by Crippen LogP contribution is 2.79. The van der Waals surface area contributed by atoms with E-state index in [1.807, 2.05) is 0 Å². The highest BCUT2D eigenvalue weighted by atomic mass is 16.6. The van der Waals surface area contributed by atoms with Crippen molar-refractivity contribution in [2.45, 2.75) is 118 Å². The van der Waals surface area contributed by atoms with Crippen molar-refractivity contribution < 1.29 is 19.4 Å². The molecule has 6 rings (SSSR count). The SMILES string of the molecule is CC(=O)[C@]1(C)[C@@H]2C[C@@]3(CC[C@]4(C)[C@H](CC[C@@H]5[C@@]6(C)CC[C@H](O)C(C)(C)[C@@H]6CC[C@]54C)[C@H]31)C(=O)O2. The summed E-state index contributed by atoms with van der Waals surface area (Å²) in [5.74, 6) is 1.92. The Morgan fingerprint density at radius 2 is 1.59 bits per heavy atom. The minimum absolute atomic E-state index is 0.00533. The standard InChI is InChI=1S/C30H46O4/c1-17(31)29(7)22-16-30(24(33)34-22)15-14-27(5)18(23(29)30)8-9-20-26(4)12-11-21(32)25(2,3)19(26)10-13-28(20,27)6/h18-23,32H,8-16H2,1-7H3/t18-,19+,20-,21+,22+,23+,26+,27-,28-,29-,30-/m1/s1. The lowest BCUT2D eigenvalue weighted by molar-refractivity contribution is -0.256. The molecule has 0 unspecified atom stereocenters. The summed E-state index contributed by atoms with van der Waals surface area (Å²) in [6.07, 6.45) is 9.01. The van der Waals surface area contributed by atoms with Crippen LogP contribution in [0.15, 0.2) is 0 Å². The first kappa shape index (κ1) is 23.5. The van der Waals surface area contributed by atoms with E-state index in [0.29, 0.717) is 17.8 Å². The maximum atomic E-state index is 13.2. The van der Waals surface area contributed by atoms with E-state index in [2.05, 4.69) is 41.5 Å². The van der Waals surface area contributed by atoms with E-state index in [-0.39, 0.29) is 51.5 Å². The highest BCUT2D eigenvalue weighted by Gasteiger charge is 2.79. The molecule has 4 nitrogen and oxygen atoms in total. The Balaban J connectivity index is 1.43. The maximum absolute atomic E-state index is 13.2. The van der Waals surface area contributed by atoms with E-state index in [9.17, 15) is 14.7 Å². The second-order valence-corrected chi connectivity index (χ2v) is 15.1. The van der Waals surface area contributed by atoms with E-state index in [1.54, 1.807) is 6.92 Å². The van der Waals surface area contributed by atoms with Crippen LogP contribution in [0.3, 0.4) is 0 Å². The minimum atomic E-state index is -0.540. The molecule has 0 radical (unpaired) electrons. The molecule has 190 valence electrons. The van der Waals surface area contributed by atoms with Gasteiger partial charge in [-0.15, -0.1) is 0 Å². The normalized spacial score (nSPS) is 59.4. The monoisotopic (exact) mass is 470 g/mol. The van der Waals surface area contributed by atoms with Crippen LogP contribution in [-0.2, 0) is 14.3 Å². The van der Waals surface area contributed by atoms with Crippen LogP contribution in [0.5, 0.6) is 0 Å². The first-order valence-electron chi connectivity index (χ1n) is 14.1. The van der Waals surface area contributed by atoms with Gasteiger partial charge >= 0.3 is 5.97 Å². The number of hydrogen-bond acceptors (Lipinski definition) is 4. The maximum Gasteiger partial charge on any atom is 0.312 e. The van der Waals surface area contributed by atoms with Gasteiger partial charge in [-0.1, -0.05) is 34.6 Å². The Morgan fingerprint density at radius 3 is 2.26 bits per heavy atom. The molecule has 6 fully saturated rings. The number of hydrogen-bond donors (Lipinski definition) is 1. The van der Waals surface area contributed by atoms with Crippen LogP contribution < -0.4 is 0 Å². The molecule has 1 heterocycles. The predicted molar refractivity (Wildman–Crippen MR) is 131 cm³/mol. The molecule has 1 spiro atoms. The second-order valence-electron chi connectivity index (χ2n) is 15.1. The first-order valence-corrected chi connectivity index (χ1v) is 14.1. The van der Waals surface area contributed by atoms with Crippen molar-refractivity contribution in [3.8, 4) is 0 Å². The zero-order chi connectivity index (χ0) is 24.7. The van der Waals surface area contributed by atoms with Crippen LogP contribution in [0.25, 0.3) is 0 Å². The first-order chi connectivity index (χ1) is 15.7. The molecule has 5 aliphatic carbocycles. The molecule has 5 saturated carbocycles. The number of aliphatic hydroxyl groups excluding tert-OH is 1. The van der Waals surface area contributed by atoms with Gasteiger partial charge in [0.05, 0.1) is 16.9 Å². The van der Waals surface area contributed by atoms with Crippen LogP contribution in [0, 0.1) is 56.2 Å². The van der Waals surface area contributed by atoms with Crippen LogP contribution >= 0.6 is 0 Å². The third-order valence-electron chi connectivity index (χ3n) is 14.3. The molecule has 1 saturated heterocycles. The summed E-state index contributed by atoms with van der Waals surface area (Å²) in [6, 6.07) is 0. The minimum Gasteiger partial charge on any atom is -0.461 e. The average Bonchev–Trinajstić information content (AvgIpc) is 3.21. The van der Waals surface area contributed by atoms with E-state index < -0.39 is 10.8 Å². The van der Waals surface area contributed by atoms with E-state index in [0.717, 1.165) is 38.5 Å². The Labute approximate surface area is 206 Å². The number of carbonyl (C=O) groups is 2. The fraction of sp³-hybridized carbons (Fsp3) is 0.933. The second kappa shape index (κ2) is 6.50. The number of ether oxygens (including phenoxy) is 1. The number of Topliss-reactive ketones (excluding diaryl/α,β-unsaturated/α-hetero) is 1. The van der Waals surface area contributed by atoms with Crippen LogP contribution in [-0.4, -0.2) is 29.1 Å². The summed E-state index contributed by atoms with van der Waals surface area (Å²) in [4.78, 5) is 26.4. The number of ketones is 1. The quantitative estimate of drug-likeness (QED) is 0.482. The number of esters is 1. The zero-order valence-electron chi connectivity index (χ0n) is 22.5. The third kappa shape index (κ3) is 2.28. The fourth-order valence-electron chi connectivity index (χ4n) is 12.1. The Kier molecular flexibility index (Phi) is 4.49. The number of carbonyl (C=O) groups excluding carboxylic acids is 2. The van der Waals surface area contributed by atoms with Gasteiger partial charge in [0.25, 0.3) is 0 Å². The highest BCUT2D eigenvalue weighted by molar-refractivity contribution is 5.90. The Hall–Kier alpha value is -0.900. The van der Waals surface area contributed by atoms with Gasteiger partial charge < -0.3 is 9.84 Å². The molecule has 6 aliphatic rings. The summed E-state index contributed by atoms with van der Waals surface area (Å²) >= 11 is 0. The van der Waals surface area contributed by atoms with Gasteiger partial charge in [-0.3, -0.25) is 9.59 Å². The molecule has 1 N–H and O–H groups in total. The number of fused-ring (bicyclic) bond motifs is 7. The van der Waals surface area contributed by atoms with Crippen LogP contribution in [0.1, 0.15) is 106 Å². The van der Waals surface area contributed by atoms with Crippen molar-refractivity contribution in [1.82, 2.24) is 0 Å². The largest absolute Gasteiger partial charge is 0.461 e. The molecule has 11 atom stereocenters. The van der Waals surface area contributed by atoms with Gasteiger partial charge in [-0.05, 0) is 111 Å². The van der Waals surface area contributed by atoms with Gasteiger partial charge in [0, 0.05) is 6.42 Å². The summed E-state index contributed by atoms with van der Waals surface area (Å²) < 4.78 is 5.88. The summed E-state index contributed by atoms with van der Waals surface area (Å²) in [5.41, 5.74) is -0.440. The van der Waals surface area contributed by atoms with Crippen molar-refractivity contribution in [2.75, 3.05) is 0 Å². The lowest BCUT2D eigenvalue weighted by atomic mass is 9.31. The van der Waals surface area contributed by atoms with Gasteiger partial charge in [-0.25, -0.2) is 0 Å². The van der Waals surface area contributed by atoms with Gasteiger partial charge in [0.1, 0.15) is 11.9 Å². The van der Waals surface area contributed by atoms with E-state index >= 15 is 0 Å². The lowest BCUT2D eigenvalue weighted by Gasteiger charge is -2.73. The number of aliphatic hydroxyl groups is 1. The predicted octanol–water partition coefficient (Wildman–Crippen LogP) is 5.94. The molecule has 0 aromatic rings. The molecular weight excluding hydrogens is 424 g/mol. The Morgan fingerprint density at radius 1 is 0.882 bits per heavy atom. The molecular formula is C30H46O4. The molecule has 0 amide bonds. The number of rotatable bonds is 1. The summed E-state index contributed by atoms with van der Waals surface area (Å²) in [6.45, 7) is 16.2. The van der Waals surface area contributed by atoms with Crippen molar-refractivity contribution in [3.63, 3.8) is 0 Å². The zero-order valence-corrected chi connectivity index (χ0v) is 22.5. The summed E-state index contributed by atoms with van der Waals surface area (Å²) in [7, 11) is 0. The average molecular weight is 471 g/mol. The van der Waals surface area contributed by atoms with Crippen molar-refractivity contribution >= 4 is 11.8 Å². The molecule has 2 bridgehead atoms. The van der Waals surface area contributed by atoms with Crippen molar-refractivity contribution in [3.05, 3.63) is 0 Å². The lowest BCUT2D eigenvalue weighted by Crippen LogP contribution is -2.68.